The molecule has 1 aromatic heterocycles. The first-order chi connectivity index (χ1) is 3.93. The second-order valence-corrected chi connectivity index (χ2v) is 2.05. The first-order valence-electron chi connectivity index (χ1n) is 2.38. The normalized spacial score (nSPS) is 8.11. The van der Waals surface area contributed by atoms with Crippen molar-refractivity contribution in [1.29, 1.82) is 0 Å². The van der Waals surface area contributed by atoms with Crippen LogP contribution < -0.4 is 0 Å². The van der Waals surface area contributed by atoms with E-state index in [1.807, 2.05) is 12.1 Å². The predicted octanol–water partition coefficient (Wildman–Crippen LogP) is 2.13. The quantitative estimate of drug-likeness (QED) is 0.621. The van der Waals surface area contributed by atoms with Crippen LogP contribution in [0.15, 0.2) is 24.5 Å². The van der Waals surface area contributed by atoms with Crippen LogP contribution in [0.4, 0.5) is 4.70 Å². The minimum atomic E-state index is 0. The van der Waals surface area contributed by atoms with Crippen molar-refractivity contribution < 1.29 is 4.70 Å². The number of pyridine rings is 1. The molecule has 1 nitrogen and oxygen atoms in total. The summed E-state index contributed by atoms with van der Waals surface area (Å²) < 4.78 is 0. The average molecular weight is 192 g/mol. The minimum absolute atomic E-state index is 0. The molecule has 9 heavy (non-hydrogen) atoms. The Bertz CT molecular complexity index is 154. The molecule has 0 aliphatic rings. The summed E-state index contributed by atoms with van der Waals surface area (Å²) in [6.07, 6.45) is 3.58. The van der Waals surface area contributed by atoms with Crippen LogP contribution in [-0.2, 0) is 5.33 Å². The molecular formula is C6H7BrFN. The highest BCUT2D eigenvalue weighted by atomic mass is 79.9. The van der Waals surface area contributed by atoms with E-state index in [0.717, 1.165) is 5.33 Å². The van der Waals surface area contributed by atoms with E-state index < -0.39 is 0 Å². The number of nitrogens with zero attached hydrogens (tertiary/aromatic N) is 1. The molecule has 0 aromatic carbocycles. The molecule has 1 rings (SSSR count). The Hall–Kier alpha value is -0.440. The van der Waals surface area contributed by atoms with Crippen LogP contribution in [-0.4, -0.2) is 4.98 Å². The zero-order valence-electron chi connectivity index (χ0n) is 4.75. The third kappa shape index (κ3) is 2.56. The van der Waals surface area contributed by atoms with Crippen LogP contribution in [0.2, 0.25) is 0 Å². The Morgan fingerprint density at radius 2 is 1.89 bits per heavy atom. The third-order valence-corrected chi connectivity index (χ3v) is 1.55. The molecule has 50 valence electrons. The number of aromatic nitrogens is 1. The number of halogens is 2. The van der Waals surface area contributed by atoms with E-state index in [1.54, 1.807) is 12.4 Å². The van der Waals surface area contributed by atoms with Crippen molar-refractivity contribution >= 4 is 15.9 Å². The molecule has 0 spiro atoms. The molecule has 0 amide bonds. The molecule has 0 bridgehead atoms. The van der Waals surface area contributed by atoms with Crippen molar-refractivity contribution in [3.63, 3.8) is 0 Å². The van der Waals surface area contributed by atoms with Crippen LogP contribution in [0.25, 0.3) is 0 Å². The van der Waals surface area contributed by atoms with Gasteiger partial charge in [0.25, 0.3) is 0 Å². The van der Waals surface area contributed by atoms with Gasteiger partial charge in [0, 0.05) is 17.7 Å². The Morgan fingerprint density at radius 1 is 1.33 bits per heavy atom. The standard InChI is InChI=1S/C6H6BrN.FH/c7-5-6-1-3-8-4-2-6;/h1-4H,5H2;1H. The Morgan fingerprint density at radius 3 is 2.22 bits per heavy atom. The lowest BCUT2D eigenvalue weighted by Gasteiger charge is -1.87. The summed E-state index contributed by atoms with van der Waals surface area (Å²) in [4.78, 5) is 3.87. The van der Waals surface area contributed by atoms with Gasteiger partial charge in [-0.15, -0.1) is 0 Å². The largest absolute Gasteiger partial charge is 0.269 e. The van der Waals surface area contributed by atoms with Gasteiger partial charge in [-0.05, 0) is 17.7 Å². The van der Waals surface area contributed by atoms with E-state index in [9.17, 15) is 0 Å². The van der Waals surface area contributed by atoms with Crippen molar-refractivity contribution in [3.05, 3.63) is 30.1 Å². The zero-order chi connectivity index (χ0) is 5.82. The molecule has 0 atom stereocenters. The summed E-state index contributed by atoms with van der Waals surface area (Å²) in [5.74, 6) is 0. The average Bonchev–Trinajstić information content (AvgIpc) is 1.90. The lowest BCUT2D eigenvalue weighted by atomic mass is 10.3. The summed E-state index contributed by atoms with van der Waals surface area (Å²) >= 11 is 3.33. The molecule has 0 saturated heterocycles. The molecule has 1 aromatic rings. The van der Waals surface area contributed by atoms with Gasteiger partial charge >= 0.3 is 0 Å². The summed E-state index contributed by atoms with van der Waals surface area (Å²) in [6, 6.07) is 3.96. The predicted molar refractivity (Wildman–Crippen MR) is 39.4 cm³/mol. The summed E-state index contributed by atoms with van der Waals surface area (Å²) in [5.41, 5.74) is 1.26. The maximum atomic E-state index is 3.87. The maximum Gasteiger partial charge on any atom is 0.0284 e. The van der Waals surface area contributed by atoms with Crippen molar-refractivity contribution in [2.45, 2.75) is 5.33 Å². The van der Waals surface area contributed by atoms with Gasteiger partial charge in [0.1, 0.15) is 0 Å². The van der Waals surface area contributed by atoms with Gasteiger partial charge < -0.3 is 0 Å². The maximum absolute atomic E-state index is 3.87. The Kier molecular flexibility index (Phi) is 4.22. The van der Waals surface area contributed by atoms with Crippen LogP contribution in [0.3, 0.4) is 0 Å². The van der Waals surface area contributed by atoms with Crippen molar-refractivity contribution in [1.82, 2.24) is 4.98 Å². The summed E-state index contributed by atoms with van der Waals surface area (Å²) in [6.45, 7) is 0. The van der Waals surface area contributed by atoms with Crippen LogP contribution in [0.5, 0.6) is 0 Å². The van der Waals surface area contributed by atoms with Gasteiger partial charge in [-0.25, -0.2) is 0 Å². The van der Waals surface area contributed by atoms with Crippen LogP contribution in [0, 0.1) is 0 Å². The third-order valence-electron chi connectivity index (χ3n) is 0.904. The van der Waals surface area contributed by atoms with E-state index in [4.69, 9.17) is 0 Å². The fourth-order valence-electron chi connectivity index (χ4n) is 0.472. The van der Waals surface area contributed by atoms with E-state index in [1.165, 1.54) is 5.56 Å². The molecule has 0 fully saturated rings. The van der Waals surface area contributed by atoms with Crippen molar-refractivity contribution in [3.8, 4) is 0 Å². The zero-order valence-corrected chi connectivity index (χ0v) is 6.34. The second-order valence-electron chi connectivity index (χ2n) is 1.49. The molecule has 0 radical (unpaired) electrons. The number of rotatable bonds is 1. The first kappa shape index (κ1) is 8.56. The highest BCUT2D eigenvalue weighted by Gasteiger charge is 1.82. The van der Waals surface area contributed by atoms with Crippen LogP contribution >= 0.6 is 15.9 Å². The van der Waals surface area contributed by atoms with E-state index in [-0.39, 0.29) is 4.70 Å². The van der Waals surface area contributed by atoms with Gasteiger partial charge in [0.05, 0.1) is 0 Å². The highest BCUT2D eigenvalue weighted by Crippen LogP contribution is 2.00. The summed E-state index contributed by atoms with van der Waals surface area (Å²) in [5, 5.41) is 0.912. The topological polar surface area (TPSA) is 12.9 Å². The van der Waals surface area contributed by atoms with Crippen molar-refractivity contribution in [2.75, 3.05) is 0 Å². The monoisotopic (exact) mass is 191 g/mol. The number of hydrogen-bond acceptors (Lipinski definition) is 1. The molecule has 0 N–H and O–H groups in total. The van der Waals surface area contributed by atoms with Gasteiger partial charge in [-0.3, -0.25) is 9.69 Å². The minimum Gasteiger partial charge on any atom is -0.269 e. The molecule has 1 heterocycles. The fourth-order valence-corrected chi connectivity index (χ4v) is 0.846. The number of hydrogen-bond donors (Lipinski definition) is 0. The van der Waals surface area contributed by atoms with E-state index in [0.29, 0.717) is 0 Å². The first-order valence-corrected chi connectivity index (χ1v) is 3.50. The Labute approximate surface area is 61.6 Å². The summed E-state index contributed by atoms with van der Waals surface area (Å²) in [7, 11) is 0. The molecular weight excluding hydrogens is 185 g/mol. The van der Waals surface area contributed by atoms with Crippen molar-refractivity contribution in [2.24, 2.45) is 0 Å². The van der Waals surface area contributed by atoms with Gasteiger partial charge in [-0.2, -0.15) is 0 Å². The van der Waals surface area contributed by atoms with Gasteiger partial charge in [0.2, 0.25) is 0 Å². The molecule has 3 heteroatoms. The molecule has 0 saturated carbocycles. The lowest BCUT2D eigenvalue weighted by Crippen LogP contribution is -1.74. The Balaban J connectivity index is 0.000000640. The van der Waals surface area contributed by atoms with Gasteiger partial charge in [-0.1, -0.05) is 15.9 Å². The molecule has 0 aliphatic carbocycles. The molecule has 0 aliphatic heterocycles. The van der Waals surface area contributed by atoms with Gasteiger partial charge in [0.15, 0.2) is 0 Å². The van der Waals surface area contributed by atoms with E-state index in [2.05, 4.69) is 20.9 Å². The fraction of sp³-hybridized carbons (Fsp3) is 0.167. The number of alkyl halides is 1. The SMILES string of the molecule is BrCc1ccncc1.F. The smallest absolute Gasteiger partial charge is 0.0284 e. The molecule has 0 unspecified atom stereocenters. The lowest BCUT2D eigenvalue weighted by molar-refractivity contribution is 1.11. The van der Waals surface area contributed by atoms with Crippen LogP contribution in [0.1, 0.15) is 5.56 Å². The highest BCUT2D eigenvalue weighted by molar-refractivity contribution is 9.08. The second kappa shape index (κ2) is 4.44. The van der Waals surface area contributed by atoms with E-state index >= 15 is 0 Å².